The molecule has 0 aromatic rings. The van der Waals surface area contributed by atoms with Gasteiger partial charge in [-0.3, -0.25) is 4.79 Å². The topological polar surface area (TPSA) is 64.3 Å². The van der Waals surface area contributed by atoms with Gasteiger partial charge in [-0.1, -0.05) is 41.5 Å². The zero-order valence-electron chi connectivity index (χ0n) is 14.9. The SMILES string of the molecule is CCOC1CC(N)(C(=O)NCC(C)(C)CC(C)C)C1(C)C. The van der Waals surface area contributed by atoms with Crippen LogP contribution in [0.4, 0.5) is 0 Å². The van der Waals surface area contributed by atoms with Crippen molar-refractivity contribution in [3.05, 3.63) is 0 Å². The summed E-state index contributed by atoms with van der Waals surface area (Å²) >= 11 is 0. The monoisotopic (exact) mass is 298 g/mol. The van der Waals surface area contributed by atoms with E-state index in [2.05, 4.69) is 33.0 Å². The van der Waals surface area contributed by atoms with E-state index in [1.165, 1.54) is 0 Å². The lowest BCUT2D eigenvalue weighted by Gasteiger charge is -2.57. The molecule has 1 aliphatic carbocycles. The van der Waals surface area contributed by atoms with E-state index in [0.29, 0.717) is 25.5 Å². The Labute approximate surface area is 130 Å². The van der Waals surface area contributed by atoms with Crippen LogP contribution in [-0.2, 0) is 9.53 Å². The second kappa shape index (κ2) is 6.25. The van der Waals surface area contributed by atoms with E-state index < -0.39 is 5.54 Å². The number of hydrogen-bond acceptors (Lipinski definition) is 3. The van der Waals surface area contributed by atoms with Gasteiger partial charge in [0.05, 0.1) is 6.10 Å². The minimum atomic E-state index is -0.819. The minimum absolute atomic E-state index is 0.0414. The summed E-state index contributed by atoms with van der Waals surface area (Å²) in [7, 11) is 0. The molecule has 1 fully saturated rings. The van der Waals surface area contributed by atoms with E-state index >= 15 is 0 Å². The largest absolute Gasteiger partial charge is 0.378 e. The quantitative estimate of drug-likeness (QED) is 0.759. The summed E-state index contributed by atoms with van der Waals surface area (Å²) in [5.41, 5.74) is 5.33. The number of amides is 1. The van der Waals surface area contributed by atoms with Gasteiger partial charge in [-0.25, -0.2) is 0 Å². The molecule has 1 saturated carbocycles. The van der Waals surface area contributed by atoms with Gasteiger partial charge in [0.15, 0.2) is 0 Å². The normalized spacial score (nSPS) is 28.3. The number of hydrogen-bond donors (Lipinski definition) is 2. The molecule has 0 aliphatic heterocycles. The van der Waals surface area contributed by atoms with Crippen molar-refractivity contribution in [3.63, 3.8) is 0 Å². The summed E-state index contributed by atoms with van der Waals surface area (Å²) in [5, 5.41) is 3.07. The molecule has 0 heterocycles. The Morgan fingerprint density at radius 1 is 1.43 bits per heavy atom. The first-order valence-electron chi connectivity index (χ1n) is 8.15. The van der Waals surface area contributed by atoms with Crippen molar-refractivity contribution >= 4 is 5.91 Å². The Balaban J connectivity index is 2.61. The fraction of sp³-hybridized carbons (Fsp3) is 0.941. The van der Waals surface area contributed by atoms with Crippen LogP contribution in [0.1, 0.15) is 61.3 Å². The lowest BCUT2D eigenvalue weighted by atomic mass is 9.54. The maximum atomic E-state index is 12.6. The lowest BCUT2D eigenvalue weighted by molar-refractivity contribution is -0.171. The second-order valence-electron chi connectivity index (χ2n) is 8.29. The first-order valence-corrected chi connectivity index (χ1v) is 8.15. The predicted molar refractivity (Wildman–Crippen MR) is 87.0 cm³/mol. The summed E-state index contributed by atoms with van der Waals surface area (Å²) in [4.78, 5) is 12.6. The highest BCUT2D eigenvalue weighted by Crippen LogP contribution is 2.49. The highest BCUT2D eigenvalue weighted by atomic mass is 16.5. The summed E-state index contributed by atoms with van der Waals surface area (Å²) in [6, 6.07) is 0. The number of carbonyl (C=O) groups excluding carboxylic acids is 1. The zero-order chi connectivity index (χ0) is 16.5. The fourth-order valence-corrected chi connectivity index (χ4v) is 3.48. The standard InChI is InChI=1S/C17H34N2O2/c1-8-21-13-10-17(18,16(13,6)7)14(20)19-11-15(4,5)9-12(2)3/h12-13H,8-11,18H2,1-7H3,(H,19,20). The smallest absolute Gasteiger partial charge is 0.240 e. The first kappa shape index (κ1) is 18.4. The molecule has 4 nitrogen and oxygen atoms in total. The molecule has 0 spiro atoms. The van der Waals surface area contributed by atoms with E-state index in [1.54, 1.807) is 0 Å². The average molecular weight is 298 g/mol. The number of nitrogens with one attached hydrogen (secondary N) is 1. The van der Waals surface area contributed by atoms with Crippen LogP contribution in [0.25, 0.3) is 0 Å². The van der Waals surface area contributed by atoms with Crippen molar-refractivity contribution in [1.29, 1.82) is 0 Å². The van der Waals surface area contributed by atoms with Crippen molar-refractivity contribution in [2.45, 2.75) is 73.0 Å². The van der Waals surface area contributed by atoms with Crippen molar-refractivity contribution < 1.29 is 9.53 Å². The van der Waals surface area contributed by atoms with Gasteiger partial charge < -0.3 is 15.8 Å². The Bertz CT molecular complexity index is 377. The Kier molecular flexibility index (Phi) is 5.49. The highest BCUT2D eigenvalue weighted by molar-refractivity contribution is 5.88. The highest BCUT2D eigenvalue weighted by Gasteiger charge is 2.62. The number of ether oxygens (including phenoxy) is 1. The van der Waals surface area contributed by atoms with Gasteiger partial charge in [0.1, 0.15) is 5.54 Å². The molecule has 124 valence electrons. The van der Waals surface area contributed by atoms with Gasteiger partial charge in [0.2, 0.25) is 5.91 Å². The molecule has 2 atom stereocenters. The maximum Gasteiger partial charge on any atom is 0.240 e. The molecule has 0 saturated heterocycles. The van der Waals surface area contributed by atoms with Crippen LogP contribution in [0, 0.1) is 16.7 Å². The molecule has 2 unspecified atom stereocenters. The molecule has 1 amide bonds. The average Bonchev–Trinajstić information content (AvgIpc) is 2.34. The fourth-order valence-electron chi connectivity index (χ4n) is 3.48. The van der Waals surface area contributed by atoms with Crippen molar-refractivity contribution in [1.82, 2.24) is 5.32 Å². The molecule has 0 aromatic heterocycles. The van der Waals surface area contributed by atoms with Crippen LogP contribution in [0.15, 0.2) is 0 Å². The molecule has 3 N–H and O–H groups in total. The summed E-state index contributed by atoms with van der Waals surface area (Å²) in [6.45, 7) is 16.1. The van der Waals surface area contributed by atoms with Crippen LogP contribution in [0.3, 0.4) is 0 Å². The molecular weight excluding hydrogens is 264 g/mol. The number of carbonyl (C=O) groups is 1. The number of nitrogens with two attached hydrogens (primary N) is 1. The molecule has 0 radical (unpaired) electrons. The Morgan fingerprint density at radius 3 is 2.43 bits per heavy atom. The van der Waals surface area contributed by atoms with E-state index in [0.717, 1.165) is 6.42 Å². The first-order chi connectivity index (χ1) is 9.46. The van der Waals surface area contributed by atoms with E-state index in [9.17, 15) is 4.79 Å². The van der Waals surface area contributed by atoms with E-state index in [4.69, 9.17) is 10.5 Å². The van der Waals surface area contributed by atoms with Crippen LogP contribution < -0.4 is 11.1 Å². The summed E-state index contributed by atoms with van der Waals surface area (Å²) in [6.07, 6.45) is 1.75. The molecule has 1 rings (SSSR count). The second-order valence-corrected chi connectivity index (χ2v) is 8.29. The third kappa shape index (κ3) is 3.78. The van der Waals surface area contributed by atoms with Gasteiger partial charge in [0, 0.05) is 25.0 Å². The van der Waals surface area contributed by atoms with Gasteiger partial charge in [-0.15, -0.1) is 0 Å². The van der Waals surface area contributed by atoms with E-state index in [1.807, 2.05) is 20.8 Å². The van der Waals surface area contributed by atoms with Crippen molar-refractivity contribution in [2.24, 2.45) is 22.5 Å². The van der Waals surface area contributed by atoms with Crippen LogP contribution in [0.2, 0.25) is 0 Å². The predicted octanol–water partition coefficient (Wildman–Crippen LogP) is 2.71. The van der Waals surface area contributed by atoms with Crippen molar-refractivity contribution in [2.75, 3.05) is 13.2 Å². The van der Waals surface area contributed by atoms with Crippen LogP contribution in [-0.4, -0.2) is 30.7 Å². The summed E-state index contributed by atoms with van der Waals surface area (Å²) in [5.74, 6) is 0.575. The molecule has 0 aromatic carbocycles. The van der Waals surface area contributed by atoms with Crippen LogP contribution >= 0.6 is 0 Å². The maximum absolute atomic E-state index is 12.6. The van der Waals surface area contributed by atoms with Gasteiger partial charge in [-0.2, -0.15) is 0 Å². The Hall–Kier alpha value is -0.610. The molecule has 4 heteroatoms. The Morgan fingerprint density at radius 2 is 2.00 bits per heavy atom. The summed E-state index contributed by atoms with van der Waals surface area (Å²) < 4.78 is 5.68. The third-order valence-corrected chi connectivity index (χ3v) is 4.92. The number of rotatable bonds is 7. The van der Waals surface area contributed by atoms with Gasteiger partial charge in [0.25, 0.3) is 0 Å². The lowest BCUT2D eigenvalue weighted by Crippen LogP contribution is -2.76. The van der Waals surface area contributed by atoms with Crippen molar-refractivity contribution in [3.8, 4) is 0 Å². The van der Waals surface area contributed by atoms with E-state index in [-0.39, 0.29) is 22.8 Å². The third-order valence-electron chi connectivity index (χ3n) is 4.92. The minimum Gasteiger partial charge on any atom is -0.378 e. The van der Waals surface area contributed by atoms with Gasteiger partial charge in [-0.05, 0) is 24.7 Å². The molecule has 21 heavy (non-hydrogen) atoms. The van der Waals surface area contributed by atoms with Crippen LogP contribution in [0.5, 0.6) is 0 Å². The molecule has 0 bridgehead atoms. The molecule has 1 aliphatic rings. The zero-order valence-corrected chi connectivity index (χ0v) is 14.9. The molecular formula is C17H34N2O2. The van der Waals surface area contributed by atoms with Gasteiger partial charge >= 0.3 is 0 Å².